The molecule has 36 heavy (non-hydrogen) atoms. The number of benzene rings is 2. The second kappa shape index (κ2) is 10.3. The van der Waals surface area contributed by atoms with Crippen LogP contribution in [0.5, 0.6) is 0 Å². The maximum absolute atomic E-state index is 13.7. The summed E-state index contributed by atoms with van der Waals surface area (Å²) in [6.07, 6.45) is 6.70. The average Bonchev–Trinajstić information content (AvgIpc) is 2.83. The molecule has 1 amide bonds. The van der Waals surface area contributed by atoms with E-state index < -0.39 is 10.0 Å². The van der Waals surface area contributed by atoms with E-state index in [9.17, 15) is 18.5 Å². The molecule has 0 saturated carbocycles. The van der Waals surface area contributed by atoms with Crippen LogP contribution >= 0.6 is 11.8 Å². The zero-order valence-corrected chi connectivity index (χ0v) is 22.7. The van der Waals surface area contributed by atoms with Crippen molar-refractivity contribution in [2.75, 3.05) is 26.2 Å². The summed E-state index contributed by atoms with van der Waals surface area (Å²) >= 11 is 1.38. The van der Waals surface area contributed by atoms with Crippen LogP contribution in [0.2, 0.25) is 0 Å². The van der Waals surface area contributed by atoms with E-state index in [1.165, 1.54) is 22.1 Å². The van der Waals surface area contributed by atoms with Gasteiger partial charge in [0, 0.05) is 41.5 Å². The Morgan fingerprint density at radius 1 is 1.03 bits per heavy atom. The number of hydrogen-bond donors (Lipinski definition) is 0. The third-order valence-electron chi connectivity index (χ3n) is 6.45. The molecule has 2 aromatic carbocycles. The molecule has 1 aliphatic heterocycles. The SMILES string of the molecule is Cc1cc(C)cc(Sc2ccc(C#N)cc2S(=O)(=O)N2CCN(C(=O)C3=CCC(C)(C)C=C3)CC2)c1. The number of amides is 1. The van der Waals surface area contributed by atoms with Gasteiger partial charge in [-0.3, -0.25) is 4.79 Å². The number of sulfonamides is 1. The molecule has 1 heterocycles. The van der Waals surface area contributed by atoms with Gasteiger partial charge in [0.2, 0.25) is 10.0 Å². The standard InChI is InChI=1S/C28H31N3O3S2/c1-20-15-21(2)17-24(16-20)35-25-6-5-22(19-29)18-26(25)36(33,34)31-13-11-30(12-14-31)27(32)23-7-9-28(3,4)10-8-23/h5-9,15-18H,10-14H2,1-4H3. The van der Waals surface area contributed by atoms with Crippen molar-refractivity contribution in [3.8, 4) is 6.07 Å². The molecule has 0 radical (unpaired) electrons. The van der Waals surface area contributed by atoms with Gasteiger partial charge in [-0.25, -0.2) is 8.42 Å². The first-order chi connectivity index (χ1) is 17.0. The van der Waals surface area contributed by atoms with Gasteiger partial charge >= 0.3 is 0 Å². The Balaban J connectivity index is 1.54. The van der Waals surface area contributed by atoms with Crippen LogP contribution in [0, 0.1) is 30.6 Å². The molecule has 2 aliphatic rings. The molecule has 8 heteroatoms. The third-order valence-corrected chi connectivity index (χ3v) is 9.56. The number of carbonyl (C=O) groups excluding carboxylic acids is 1. The van der Waals surface area contributed by atoms with Crippen LogP contribution in [-0.4, -0.2) is 49.7 Å². The minimum atomic E-state index is -3.86. The Morgan fingerprint density at radius 2 is 1.69 bits per heavy atom. The largest absolute Gasteiger partial charge is 0.336 e. The van der Waals surface area contributed by atoms with Crippen molar-refractivity contribution >= 4 is 27.7 Å². The number of rotatable bonds is 5. The molecule has 6 nitrogen and oxygen atoms in total. The van der Waals surface area contributed by atoms with Crippen molar-refractivity contribution in [2.45, 2.75) is 48.8 Å². The van der Waals surface area contributed by atoms with Gasteiger partial charge in [-0.1, -0.05) is 49.9 Å². The number of carbonyl (C=O) groups is 1. The molecule has 0 unspecified atom stereocenters. The van der Waals surface area contributed by atoms with E-state index in [4.69, 9.17) is 0 Å². The second-order valence-electron chi connectivity index (χ2n) is 10.1. The summed E-state index contributed by atoms with van der Waals surface area (Å²) in [6.45, 7) is 9.33. The molecular formula is C28H31N3O3S2. The van der Waals surface area contributed by atoms with E-state index in [0.717, 1.165) is 22.4 Å². The highest BCUT2D eigenvalue weighted by Crippen LogP contribution is 2.36. The maximum Gasteiger partial charge on any atom is 0.253 e. The van der Waals surface area contributed by atoms with E-state index >= 15 is 0 Å². The van der Waals surface area contributed by atoms with Crippen LogP contribution in [0.1, 0.15) is 37.0 Å². The number of piperazine rings is 1. The van der Waals surface area contributed by atoms with Crippen molar-refractivity contribution in [2.24, 2.45) is 5.41 Å². The summed E-state index contributed by atoms with van der Waals surface area (Å²) in [5.41, 5.74) is 3.21. The van der Waals surface area contributed by atoms with Gasteiger partial charge in [0.15, 0.2) is 0 Å². The lowest BCUT2D eigenvalue weighted by Gasteiger charge is -2.35. The predicted molar refractivity (Wildman–Crippen MR) is 142 cm³/mol. The van der Waals surface area contributed by atoms with Crippen molar-refractivity contribution in [3.63, 3.8) is 0 Å². The van der Waals surface area contributed by atoms with E-state index in [-0.39, 0.29) is 29.3 Å². The van der Waals surface area contributed by atoms with Crippen molar-refractivity contribution < 1.29 is 13.2 Å². The molecule has 4 rings (SSSR count). The lowest BCUT2D eigenvalue weighted by molar-refractivity contribution is -0.128. The van der Waals surface area contributed by atoms with Gasteiger partial charge in [-0.15, -0.1) is 0 Å². The third kappa shape index (κ3) is 5.75. The Morgan fingerprint density at radius 3 is 2.28 bits per heavy atom. The Kier molecular flexibility index (Phi) is 7.46. The molecule has 1 aliphatic carbocycles. The topological polar surface area (TPSA) is 81.5 Å². The zero-order chi connectivity index (χ0) is 26.1. The monoisotopic (exact) mass is 521 g/mol. The summed E-state index contributed by atoms with van der Waals surface area (Å²) < 4.78 is 28.9. The summed E-state index contributed by atoms with van der Waals surface area (Å²) in [7, 11) is -3.86. The number of nitrogens with zero attached hydrogens (tertiary/aromatic N) is 3. The number of aryl methyl sites for hydroxylation is 2. The van der Waals surface area contributed by atoms with Gasteiger partial charge in [0.25, 0.3) is 5.91 Å². The summed E-state index contributed by atoms with van der Waals surface area (Å²) in [6, 6.07) is 13.0. The van der Waals surface area contributed by atoms with E-state index in [1.54, 1.807) is 17.0 Å². The number of allylic oxidation sites excluding steroid dienone is 2. The quantitative estimate of drug-likeness (QED) is 0.549. The maximum atomic E-state index is 13.7. The van der Waals surface area contributed by atoms with E-state index in [1.807, 2.05) is 38.1 Å². The highest BCUT2D eigenvalue weighted by molar-refractivity contribution is 8.00. The lowest BCUT2D eigenvalue weighted by atomic mass is 9.84. The first-order valence-electron chi connectivity index (χ1n) is 12.0. The fourth-order valence-corrected chi connectivity index (χ4v) is 7.42. The van der Waals surface area contributed by atoms with Crippen molar-refractivity contribution in [3.05, 3.63) is 76.9 Å². The Labute approximate surface area is 218 Å². The first-order valence-corrected chi connectivity index (χ1v) is 14.2. The van der Waals surface area contributed by atoms with Crippen LogP contribution < -0.4 is 0 Å². The lowest BCUT2D eigenvalue weighted by Crippen LogP contribution is -2.50. The fraction of sp³-hybridized carbons (Fsp3) is 0.357. The van der Waals surface area contributed by atoms with Gasteiger partial charge in [0.05, 0.1) is 16.5 Å². The van der Waals surface area contributed by atoms with E-state index in [2.05, 4.69) is 32.1 Å². The molecule has 1 fully saturated rings. The number of hydrogen-bond acceptors (Lipinski definition) is 5. The molecule has 188 valence electrons. The van der Waals surface area contributed by atoms with Crippen molar-refractivity contribution in [1.29, 1.82) is 5.26 Å². The molecule has 0 atom stereocenters. The normalized spacial score (nSPS) is 18.0. The average molecular weight is 522 g/mol. The second-order valence-corrected chi connectivity index (χ2v) is 13.1. The summed E-state index contributed by atoms with van der Waals surface area (Å²) in [5.74, 6) is -0.0589. The molecular weight excluding hydrogens is 490 g/mol. The van der Waals surface area contributed by atoms with E-state index in [0.29, 0.717) is 29.1 Å². The van der Waals surface area contributed by atoms with Crippen LogP contribution in [0.3, 0.4) is 0 Å². The minimum absolute atomic E-state index is 0.0430. The highest BCUT2D eigenvalue weighted by atomic mass is 32.2. The molecule has 0 N–H and O–H groups in total. The van der Waals surface area contributed by atoms with Crippen LogP contribution in [-0.2, 0) is 14.8 Å². The van der Waals surface area contributed by atoms with Gasteiger partial charge in [0.1, 0.15) is 0 Å². The van der Waals surface area contributed by atoms with Gasteiger partial charge in [-0.05, 0) is 67.1 Å². The molecule has 0 bridgehead atoms. The summed E-state index contributed by atoms with van der Waals surface area (Å²) in [5, 5.41) is 9.42. The molecule has 0 spiro atoms. The van der Waals surface area contributed by atoms with Gasteiger partial charge in [-0.2, -0.15) is 9.57 Å². The van der Waals surface area contributed by atoms with Crippen molar-refractivity contribution in [1.82, 2.24) is 9.21 Å². The molecule has 2 aromatic rings. The summed E-state index contributed by atoms with van der Waals surface area (Å²) in [4.78, 5) is 16.4. The smallest absolute Gasteiger partial charge is 0.253 e. The van der Waals surface area contributed by atoms with Crippen LogP contribution in [0.4, 0.5) is 0 Å². The fourth-order valence-electron chi connectivity index (χ4n) is 4.42. The first kappa shape index (κ1) is 26.2. The Hall–Kier alpha value is -2.86. The number of nitriles is 1. The van der Waals surface area contributed by atoms with Crippen LogP contribution in [0.15, 0.2) is 74.9 Å². The minimum Gasteiger partial charge on any atom is -0.336 e. The highest BCUT2D eigenvalue weighted by Gasteiger charge is 2.33. The predicted octanol–water partition coefficient (Wildman–Crippen LogP) is 5.07. The molecule has 0 aromatic heterocycles. The van der Waals surface area contributed by atoms with Crippen LogP contribution in [0.25, 0.3) is 0 Å². The Bertz CT molecular complexity index is 1370. The van der Waals surface area contributed by atoms with Gasteiger partial charge < -0.3 is 4.90 Å². The molecule has 1 saturated heterocycles. The zero-order valence-electron chi connectivity index (χ0n) is 21.1.